The lowest BCUT2D eigenvalue weighted by Crippen LogP contribution is -2.49. The number of aromatic nitrogens is 4. The SMILES string of the molecule is Cc1nc2n(n1)CCNCCCC(=O)N[C@H](Cc1c[nH]c3ccccc13)C(=O)N[C@H]2CC(C)C. The van der Waals surface area contributed by atoms with E-state index in [1.807, 2.05) is 42.1 Å². The third kappa shape index (κ3) is 5.83. The van der Waals surface area contributed by atoms with E-state index < -0.39 is 6.04 Å². The van der Waals surface area contributed by atoms with Gasteiger partial charge in [0.1, 0.15) is 17.7 Å². The van der Waals surface area contributed by atoms with Crippen molar-refractivity contribution in [3.63, 3.8) is 0 Å². The number of hydrogen-bond acceptors (Lipinski definition) is 5. The largest absolute Gasteiger partial charge is 0.361 e. The number of aryl methyl sites for hydroxylation is 1. The average Bonchev–Trinajstić information content (AvgIpc) is 3.37. The number of fused-ring (bicyclic) bond motifs is 2. The van der Waals surface area contributed by atoms with E-state index in [1.54, 1.807) is 0 Å². The summed E-state index contributed by atoms with van der Waals surface area (Å²) in [6.07, 6.45) is 4.12. The van der Waals surface area contributed by atoms with Crippen LogP contribution in [0.2, 0.25) is 0 Å². The van der Waals surface area contributed by atoms with Crippen LogP contribution in [0.4, 0.5) is 0 Å². The molecular weight excluding hydrogens is 430 g/mol. The van der Waals surface area contributed by atoms with Crippen LogP contribution in [-0.2, 0) is 22.6 Å². The van der Waals surface area contributed by atoms with Crippen LogP contribution in [0.15, 0.2) is 30.5 Å². The molecule has 2 atom stereocenters. The predicted octanol–water partition coefficient (Wildman–Crippen LogP) is 2.38. The summed E-state index contributed by atoms with van der Waals surface area (Å²) in [5, 5.41) is 15.2. The van der Waals surface area contributed by atoms with Gasteiger partial charge in [-0.1, -0.05) is 32.0 Å². The van der Waals surface area contributed by atoms with Crippen molar-refractivity contribution in [3.05, 3.63) is 47.7 Å². The molecule has 1 aliphatic rings. The highest BCUT2D eigenvalue weighted by Gasteiger charge is 2.28. The second kappa shape index (κ2) is 10.8. The maximum Gasteiger partial charge on any atom is 0.243 e. The van der Waals surface area contributed by atoms with Crippen LogP contribution in [0.25, 0.3) is 10.9 Å². The fourth-order valence-corrected chi connectivity index (χ4v) is 4.55. The van der Waals surface area contributed by atoms with Crippen molar-refractivity contribution in [1.29, 1.82) is 0 Å². The Morgan fingerprint density at radius 2 is 1.94 bits per heavy atom. The summed E-state index contributed by atoms with van der Waals surface area (Å²) in [5.41, 5.74) is 2.01. The Morgan fingerprint density at radius 3 is 2.76 bits per heavy atom. The molecule has 0 saturated heterocycles. The van der Waals surface area contributed by atoms with Crippen LogP contribution in [0, 0.1) is 12.8 Å². The second-order valence-corrected chi connectivity index (χ2v) is 9.47. The Hall–Kier alpha value is -3.20. The molecule has 4 rings (SSSR count). The van der Waals surface area contributed by atoms with Crippen molar-refractivity contribution in [1.82, 2.24) is 35.7 Å². The first-order chi connectivity index (χ1) is 16.4. The molecule has 1 aliphatic heterocycles. The third-order valence-electron chi connectivity index (χ3n) is 6.15. The van der Waals surface area contributed by atoms with Crippen molar-refractivity contribution in [2.75, 3.05) is 13.1 Å². The van der Waals surface area contributed by atoms with Gasteiger partial charge in [-0.3, -0.25) is 9.59 Å². The monoisotopic (exact) mass is 465 g/mol. The number of nitrogens with one attached hydrogen (secondary N) is 4. The third-order valence-corrected chi connectivity index (χ3v) is 6.15. The highest BCUT2D eigenvalue weighted by molar-refractivity contribution is 5.89. The predicted molar refractivity (Wildman–Crippen MR) is 131 cm³/mol. The first-order valence-electron chi connectivity index (χ1n) is 12.2. The van der Waals surface area contributed by atoms with Gasteiger partial charge < -0.3 is 20.9 Å². The van der Waals surface area contributed by atoms with Gasteiger partial charge in [0, 0.05) is 36.5 Å². The molecule has 3 heterocycles. The summed E-state index contributed by atoms with van der Waals surface area (Å²) >= 11 is 0. The average molecular weight is 466 g/mol. The summed E-state index contributed by atoms with van der Waals surface area (Å²) < 4.78 is 1.90. The lowest BCUT2D eigenvalue weighted by molar-refractivity contribution is -0.129. The van der Waals surface area contributed by atoms with E-state index in [0.717, 1.165) is 41.8 Å². The number of benzene rings is 1. The summed E-state index contributed by atoms with van der Waals surface area (Å²) in [6.45, 7) is 8.23. The van der Waals surface area contributed by atoms with Crippen LogP contribution in [0.3, 0.4) is 0 Å². The lowest BCUT2D eigenvalue weighted by atomic mass is 10.0. The number of nitrogens with zero attached hydrogens (tertiary/aromatic N) is 3. The molecule has 9 nitrogen and oxygen atoms in total. The Bertz CT molecular complexity index is 1130. The molecule has 0 radical (unpaired) electrons. The van der Waals surface area contributed by atoms with Crippen LogP contribution in [-0.4, -0.2) is 50.7 Å². The maximum atomic E-state index is 13.6. The lowest BCUT2D eigenvalue weighted by Gasteiger charge is -2.25. The number of carbonyl (C=O) groups is 2. The number of hydrogen-bond donors (Lipinski definition) is 4. The number of carbonyl (C=O) groups excluding carboxylic acids is 2. The molecule has 0 bridgehead atoms. The van der Waals surface area contributed by atoms with Gasteiger partial charge in [-0.05, 0) is 43.9 Å². The highest BCUT2D eigenvalue weighted by Crippen LogP contribution is 2.22. The first-order valence-corrected chi connectivity index (χ1v) is 12.2. The Balaban J connectivity index is 1.64. The molecule has 0 fully saturated rings. The molecule has 3 aromatic rings. The van der Waals surface area contributed by atoms with E-state index in [1.165, 1.54) is 0 Å². The number of aromatic amines is 1. The standard InChI is InChI=1S/C25H35N7O2/c1-16(2)13-21-24-28-17(3)31-32(24)12-11-26-10-6-9-23(33)29-22(25(34)30-21)14-18-15-27-20-8-5-4-7-19(18)20/h4-5,7-8,15-16,21-22,26-27H,6,9-14H2,1-3H3,(H,29,33)(H,30,34)/t21-,22+/m0/s1. The van der Waals surface area contributed by atoms with Gasteiger partial charge in [0.25, 0.3) is 0 Å². The van der Waals surface area contributed by atoms with Crippen molar-refractivity contribution in [2.24, 2.45) is 5.92 Å². The van der Waals surface area contributed by atoms with Gasteiger partial charge in [-0.2, -0.15) is 5.10 Å². The zero-order valence-corrected chi connectivity index (χ0v) is 20.2. The van der Waals surface area contributed by atoms with Gasteiger partial charge in [-0.25, -0.2) is 9.67 Å². The molecular formula is C25H35N7O2. The van der Waals surface area contributed by atoms with Crippen molar-refractivity contribution >= 4 is 22.7 Å². The van der Waals surface area contributed by atoms with Crippen LogP contribution >= 0.6 is 0 Å². The minimum absolute atomic E-state index is 0.113. The first kappa shape index (κ1) is 23.9. The van der Waals surface area contributed by atoms with Crippen LogP contribution in [0.1, 0.15) is 56.4 Å². The number of amides is 2. The normalized spacial score (nSPS) is 20.6. The van der Waals surface area contributed by atoms with Gasteiger partial charge >= 0.3 is 0 Å². The summed E-state index contributed by atoms with van der Waals surface area (Å²) in [5.74, 6) is 1.47. The van der Waals surface area contributed by atoms with E-state index in [2.05, 4.69) is 44.9 Å². The fourth-order valence-electron chi connectivity index (χ4n) is 4.55. The van der Waals surface area contributed by atoms with Crippen LogP contribution in [0.5, 0.6) is 0 Å². The molecule has 0 unspecified atom stereocenters. The van der Waals surface area contributed by atoms with Crippen molar-refractivity contribution < 1.29 is 9.59 Å². The zero-order chi connectivity index (χ0) is 24.1. The maximum absolute atomic E-state index is 13.6. The molecule has 0 aliphatic carbocycles. The van der Waals surface area contributed by atoms with E-state index in [-0.39, 0.29) is 17.9 Å². The molecule has 2 amide bonds. The van der Waals surface area contributed by atoms with Gasteiger partial charge in [0.2, 0.25) is 11.8 Å². The summed E-state index contributed by atoms with van der Waals surface area (Å²) in [7, 11) is 0. The van der Waals surface area contributed by atoms with E-state index >= 15 is 0 Å². The zero-order valence-electron chi connectivity index (χ0n) is 20.2. The van der Waals surface area contributed by atoms with E-state index in [9.17, 15) is 9.59 Å². The minimum Gasteiger partial charge on any atom is -0.361 e. The molecule has 1 aromatic carbocycles. The topological polar surface area (TPSA) is 117 Å². The molecule has 182 valence electrons. The van der Waals surface area contributed by atoms with Crippen molar-refractivity contribution in [2.45, 2.75) is 65.1 Å². The summed E-state index contributed by atoms with van der Waals surface area (Å²) in [4.78, 5) is 34.2. The number of para-hydroxylation sites is 1. The highest BCUT2D eigenvalue weighted by atomic mass is 16.2. The number of rotatable bonds is 4. The number of H-pyrrole nitrogens is 1. The fraction of sp³-hybridized carbons (Fsp3) is 0.520. The van der Waals surface area contributed by atoms with E-state index in [4.69, 9.17) is 0 Å². The molecule has 34 heavy (non-hydrogen) atoms. The molecule has 0 spiro atoms. The second-order valence-electron chi connectivity index (χ2n) is 9.47. The smallest absolute Gasteiger partial charge is 0.243 e. The van der Waals surface area contributed by atoms with Gasteiger partial charge in [0.15, 0.2) is 0 Å². The Kier molecular flexibility index (Phi) is 7.62. The Labute approximate surface area is 200 Å². The molecule has 4 N–H and O–H groups in total. The Morgan fingerprint density at radius 1 is 1.12 bits per heavy atom. The van der Waals surface area contributed by atoms with E-state index in [0.29, 0.717) is 37.5 Å². The molecule has 0 saturated carbocycles. The molecule has 2 aromatic heterocycles. The van der Waals surface area contributed by atoms with Gasteiger partial charge in [-0.15, -0.1) is 0 Å². The summed E-state index contributed by atoms with van der Waals surface area (Å²) in [6, 6.07) is 7.01. The molecule has 9 heteroatoms. The minimum atomic E-state index is -0.685. The van der Waals surface area contributed by atoms with Crippen molar-refractivity contribution in [3.8, 4) is 0 Å². The van der Waals surface area contributed by atoms with Gasteiger partial charge in [0.05, 0.1) is 12.6 Å². The van der Waals surface area contributed by atoms with Crippen LogP contribution < -0.4 is 16.0 Å². The quantitative estimate of drug-likeness (QED) is 0.472.